The summed E-state index contributed by atoms with van der Waals surface area (Å²) in [5, 5.41) is -1.20. The lowest BCUT2D eigenvalue weighted by molar-refractivity contribution is -0.110. The zero-order valence-corrected chi connectivity index (χ0v) is 6.93. The van der Waals surface area contributed by atoms with Crippen molar-refractivity contribution in [1.29, 1.82) is 0 Å². The van der Waals surface area contributed by atoms with Crippen molar-refractivity contribution in [2.75, 3.05) is 0 Å². The second-order valence-electron chi connectivity index (χ2n) is 1.10. The summed E-state index contributed by atoms with van der Waals surface area (Å²) >= 11 is 9.57. The predicted octanol–water partition coefficient (Wildman–Crippen LogP) is 0.885. The van der Waals surface area contributed by atoms with E-state index in [0.717, 1.165) is 0 Å². The number of rotatable bonds is 2. The number of halogens is 3. The Balaban J connectivity index is 4.43. The fourth-order valence-corrected chi connectivity index (χ4v) is 1.06. The Hall–Kier alpha value is 0.490. The molecule has 0 saturated carbocycles. The molecule has 1 unspecified atom stereocenters. The first kappa shape index (κ1) is 9.49. The normalized spacial score (nSPS) is 15.0. The van der Waals surface area contributed by atoms with Gasteiger partial charge in [0.05, 0.1) is 0 Å². The molecule has 1 atom stereocenters. The summed E-state index contributed by atoms with van der Waals surface area (Å²) in [5.41, 5.74) is 0. The van der Waals surface area contributed by atoms with Crippen LogP contribution < -0.4 is 0 Å². The highest BCUT2D eigenvalue weighted by molar-refractivity contribution is 8.15. The van der Waals surface area contributed by atoms with E-state index in [4.69, 9.17) is 11.6 Å². The van der Waals surface area contributed by atoms with Gasteiger partial charge in [-0.3, -0.25) is 4.79 Å². The molecule has 0 aliphatic rings. The smallest absolute Gasteiger partial charge is 0.258 e. The standard InChI is InChI=1S/C2HCl3O3S/c3-1(6)2(4)9(5,7)8/h2H. The van der Waals surface area contributed by atoms with Crippen LogP contribution in [0, 0.1) is 0 Å². The molecule has 0 saturated heterocycles. The molecule has 0 radical (unpaired) electrons. The van der Waals surface area contributed by atoms with Crippen LogP contribution in [0.25, 0.3) is 0 Å². The zero-order valence-electron chi connectivity index (χ0n) is 3.84. The zero-order chi connectivity index (χ0) is 7.65. The van der Waals surface area contributed by atoms with Crippen molar-refractivity contribution < 1.29 is 13.2 Å². The van der Waals surface area contributed by atoms with Crippen molar-refractivity contribution >= 4 is 48.2 Å². The summed E-state index contributed by atoms with van der Waals surface area (Å²) in [6.07, 6.45) is 0. The van der Waals surface area contributed by atoms with Gasteiger partial charge < -0.3 is 0 Å². The van der Waals surface area contributed by atoms with Gasteiger partial charge in [-0.15, -0.1) is 0 Å². The van der Waals surface area contributed by atoms with E-state index in [1.807, 2.05) is 0 Å². The van der Waals surface area contributed by atoms with Crippen LogP contribution in [0.3, 0.4) is 0 Å². The Labute approximate surface area is 66.3 Å². The van der Waals surface area contributed by atoms with E-state index in [1.165, 1.54) is 0 Å². The van der Waals surface area contributed by atoms with E-state index in [0.29, 0.717) is 0 Å². The fourth-order valence-electron chi connectivity index (χ4n) is 0.111. The molecule has 7 heteroatoms. The van der Waals surface area contributed by atoms with Gasteiger partial charge in [0.2, 0.25) is 4.71 Å². The number of alkyl halides is 1. The van der Waals surface area contributed by atoms with Crippen molar-refractivity contribution in [2.45, 2.75) is 4.71 Å². The Kier molecular flexibility index (Phi) is 3.22. The summed E-state index contributed by atoms with van der Waals surface area (Å²) in [5.74, 6) is 0. The maximum Gasteiger partial charge on any atom is 0.258 e. The average Bonchev–Trinajstić information content (AvgIpc) is 1.62. The van der Waals surface area contributed by atoms with Crippen LogP contribution in [0.15, 0.2) is 0 Å². The molecule has 0 heterocycles. The monoisotopic (exact) mass is 210 g/mol. The Morgan fingerprint density at radius 1 is 1.44 bits per heavy atom. The first-order chi connectivity index (χ1) is 3.85. The highest BCUT2D eigenvalue weighted by Crippen LogP contribution is 2.13. The predicted molar refractivity (Wildman–Crippen MR) is 35.3 cm³/mol. The average molecular weight is 211 g/mol. The SMILES string of the molecule is O=C(Cl)C(Cl)S(=O)(=O)Cl. The first-order valence-corrected chi connectivity index (χ1v) is 4.81. The van der Waals surface area contributed by atoms with Gasteiger partial charge in [-0.1, -0.05) is 11.6 Å². The Morgan fingerprint density at radius 3 is 1.78 bits per heavy atom. The Morgan fingerprint density at radius 2 is 1.78 bits per heavy atom. The van der Waals surface area contributed by atoms with Crippen LogP contribution in [-0.2, 0) is 13.8 Å². The lowest BCUT2D eigenvalue weighted by Crippen LogP contribution is -2.15. The molecule has 3 nitrogen and oxygen atoms in total. The van der Waals surface area contributed by atoms with Crippen molar-refractivity contribution in [1.82, 2.24) is 0 Å². The molecular formula is C2HCl3O3S. The topological polar surface area (TPSA) is 51.2 Å². The number of carbonyl (C=O) groups is 1. The summed E-state index contributed by atoms with van der Waals surface area (Å²) in [4.78, 5) is 9.96. The van der Waals surface area contributed by atoms with Gasteiger partial charge in [0.25, 0.3) is 14.3 Å². The van der Waals surface area contributed by atoms with Crippen LogP contribution in [-0.4, -0.2) is 18.4 Å². The van der Waals surface area contributed by atoms with Crippen LogP contribution in [0.5, 0.6) is 0 Å². The van der Waals surface area contributed by atoms with Gasteiger partial charge in [-0.25, -0.2) is 8.42 Å². The van der Waals surface area contributed by atoms with Crippen LogP contribution in [0.4, 0.5) is 0 Å². The molecule has 0 fully saturated rings. The minimum absolute atomic E-state index is 1.20. The van der Waals surface area contributed by atoms with Gasteiger partial charge in [0, 0.05) is 10.7 Å². The van der Waals surface area contributed by atoms with Gasteiger partial charge in [-0.05, 0) is 11.6 Å². The summed E-state index contributed by atoms with van der Waals surface area (Å²) in [7, 11) is 0.568. The molecule has 0 N–H and O–H groups in total. The second-order valence-corrected chi connectivity index (χ2v) is 4.88. The number of hydrogen-bond acceptors (Lipinski definition) is 3. The molecule has 0 aromatic rings. The van der Waals surface area contributed by atoms with Crippen molar-refractivity contribution in [3.05, 3.63) is 0 Å². The van der Waals surface area contributed by atoms with E-state index in [-0.39, 0.29) is 0 Å². The van der Waals surface area contributed by atoms with Gasteiger partial charge in [-0.2, -0.15) is 0 Å². The van der Waals surface area contributed by atoms with E-state index in [2.05, 4.69) is 22.3 Å². The van der Waals surface area contributed by atoms with Gasteiger partial charge in [0.15, 0.2) is 0 Å². The largest absolute Gasteiger partial charge is 0.278 e. The molecule has 0 aliphatic heterocycles. The fraction of sp³-hybridized carbons (Fsp3) is 0.500. The lowest BCUT2D eigenvalue weighted by atomic mass is 10.9. The summed E-state index contributed by atoms with van der Waals surface area (Å²) < 4.78 is 18.4. The maximum absolute atomic E-state index is 10.1. The Bertz CT molecular complexity index is 207. The van der Waals surface area contributed by atoms with E-state index in [9.17, 15) is 13.2 Å². The number of carbonyl (C=O) groups excluding carboxylic acids is 1. The molecule has 0 aromatic heterocycles. The molecule has 9 heavy (non-hydrogen) atoms. The molecule has 0 aromatic carbocycles. The van der Waals surface area contributed by atoms with Crippen molar-refractivity contribution in [3.8, 4) is 0 Å². The highest BCUT2D eigenvalue weighted by Gasteiger charge is 2.26. The minimum Gasteiger partial charge on any atom is -0.278 e. The van der Waals surface area contributed by atoms with Crippen molar-refractivity contribution in [2.24, 2.45) is 0 Å². The third-order valence-corrected chi connectivity index (χ3v) is 3.30. The molecule has 54 valence electrons. The van der Waals surface area contributed by atoms with E-state index in [1.54, 1.807) is 0 Å². The van der Waals surface area contributed by atoms with Gasteiger partial charge >= 0.3 is 0 Å². The molecule has 0 spiro atoms. The molecule has 0 amide bonds. The van der Waals surface area contributed by atoms with E-state index >= 15 is 0 Å². The maximum atomic E-state index is 10.1. The summed E-state index contributed by atoms with van der Waals surface area (Å²) in [6.45, 7) is 0. The van der Waals surface area contributed by atoms with Crippen molar-refractivity contribution in [3.63, 3.8) is 0 Å². The van der Waals surface area contributed by atoms with Crippen LogP contribution in [0.1, 0.15) is 0 Å². The quantitative estimate of drug-likeness (QED) is 0.503. The van der Waals surface area contributed by atoms with E-state index < -0.39 is 19.0 Å². The lowest BCUT2D eigenvalue weighted by Gasteiger charge is -1.94. The number of hydrogen-bond donors (Lipinski definition) is 0. The third-order valence-electron chi connectivity index (χ3n) is 0.426. The molecule has 0 aliphatic carbocycles. The third kappa shape index (κ3) is 3.25. The minimum atomic E-state index is -4.05. The second kappa shape index (κ2) is 3.05. The summed E-state index contributed by atoms with van der Waals surface area (Å²) in [6, 6.07) is 0. The van der Waals surface area contributed by atoms with Crippen LogP contribution >= 0.6 is 33.9 Å². The molecular weight excluding hydrogens is 210 g/mol. The van der Waals surface area contributed by atoms with Gasteiger partial charge in [0.1, 0.15) is 0 Å². The first-order valence-electron chi connectivity index (χ1n) is 1.62. The highest BCUT2D eigenvalue weighted by atomic mass is 35.7. The molecule has 0 bridgehead atoms. The molecule has 0 rings (SSSR count). The van der Waals surface area contributed by atoms with Crippen LogP contribution in [0.2, 0.25) is 0 Å².